The highest BCUT2D eigenvalue weighted by atomic mass is 19.3. The fourth-order valence-corrected chi connectivity index (χ4v) is 3.04. The molecule has 0 aliphatic rings. The van der Waals surface area contributed by atoms with Gasteiger partial charge in [0.05, 0.1) is 23.3 Å². The molecule has 0 N–H and O–H groups in total. The van der Waals surface area contributed by atoms with Gasteiger partial charge in [-0.2, -0.15) is 5.10 Å². The van der Waals surface area contributed by atoms with Crippen LogP contribution >= 0.6 is 0 Å². The van der Waals surface area contributed by atoms with E-state index in [4.69, 9.17) is 0 Å². The van der Waals surface area contributed by atoms with Gasteiger partial charge in [-0.05, 0) is 42.3 Å². The zero-order chi connectivity index (χ0) is 19.0. The number of halogens is 3. The SMILES string of the molecule is Cc1nn(Cc2cccnc2)c2cc(-c3ccc(F)c(C(F)F)c3)cnc12. The van der Waals surface area contributed by atoms with Gasteiger partial charge in [0.1, 0.15) is 11.3 Å². The van der Waals surface area contributed by atoms with Crippen molar-refractivity contribution in [3.63, 3.8) is 0 Å². The molecular weight excluding hydrogens is 353 g/mol. The van der Waals surface area contributed by atoms with E-state index in [1.165, 1.54) is 6.07 Å². The Balaban J connectivity index is 1.80. The van der Waals surface area contributed by atoms with Crippen molar-refractivity contribution in [1.82, 2.24) is 19.7 Å². The molecule has 1 aromatic carbocycles. The van der Waals surface area contributed by atoms with E-state index in [0.717, 1.165) is 34.4 Å². The maximum Gasteiger partial charge on any atom is 0.266 e. The van der Waals surface area contributed by atoms with E-state index >= 15 is 0 Å². The van der Waals surface area contributed by atoms with Crippen LogP contribution in [0, 0.1) is 12.7 Å². The average molecular weight is 368 g/mol. The fourth-order valence-electron chi connectivity index (χ4n) is 3.04. The molecule has 0 unspecified atom stereocenters. The number of benzene rings is 1. The normalized spacial score (nSPS) is 11.4. The topological polar surface area (TPSA) is 43.6 Å². The van der Waals surface area contributed by atoms with Crippen LogP contribution in [0.3, 0.4) is 0 Å². The molecule has 0 saturated heterocycles. The molecule has 3 aromatic heterocycles. The summed E-state index contributed by atoms with van der Waals surface area (Å²) >= 11 is 0. The molecule has 27 heavy (non-hydrogen) atoms. The number of alkyl halides is 2. The minimum absolute atomic E-state index is 0.480. The van der Waals surface area contributed by atoms with Crippen molar-refractivity contribution in [3.8, 4) is 11.1 Å². The highest BCUT2D eigenvalue weighted by Gasteiger charge is 2.16. The summed E-state index contributed by atoms with van der Waals surface area (Å²) in [6.07, 6.45) is 2.17. The molecule has 0 spiro atoms. The smallest absolute Gasteiger partial charge is 0.264 e. The Bertz CT molecular complexity index is 1110. The molecule has 0 saturated carbocycles. The second-order valence-electron chi connectivity index (χ2n) is 6.23. The Kier molecular flexibility index (Phi) is 4.35. The first kappa shape index (κ1) is 17.2. The van der Waals surface area contributed by atoms with E-state index < -0.39 is 17.8 Å². The summed E-state index contributed by atoms with van der Waals surface area (Å²) in [4.78, 5) is 8.54. The van der Waals surface area contributed by atoms with Crippen LogP contribution in [0.25, 0.3) is 22.2 Å². The van der Waals surface area contributed by atoms with Crippen molar-refractivity contribution in [2.45, 2.75) is 19.9 Å². The number of fused-ring (bicyclic) bond motifs is 1. The summed E-state index contributed by atoms with van der Waals surface area (Å²) in [7, 11) is 0. The van der Waals surface area contributed by atoms with Gasteiger partial charge in [-0.15, -0.1) is 0 Å². The number of rotatable bonds is 4. The Morgan fingerprint density at radius 3 is 2.67 bits per heavy atom. The van der Waals surface area contributed by atoms with Crippen LogP contribution < -0.4 is 0 Å². The van der Waals surface area contributed by atoms with Gasteiger partial charge in [0.2, 0.25) is 0 Å². The van der Waals surface area contributed by atoms with Crippen molar-refractivity contribution in [1.29, 1.82) is 0 Å². The molecule has 0 atom stereocenters. The maximum atomic E-state index is 13.6. The van der Waals surface area contributed by atoms with Crippen molar-refractivity contribution >= 4 is 11.0 Å². The minimum atomic E-state index is -2.88. The molecule has 0 radical (unpaired) electrons. The number of hydrogen-bond donors (Lipinski definition) is 0. The summed E-state index contributed by atoms with van der Waals surface area (Å²) in [5.41, 5.74) is 3.75. The molecule has 0 bridgehead atoms. The van der Waals surface area contributed by atoms with Crippen molar-refractivity contribution in [2.24, 2.45) is 0 Å². The number of aryl methyl sites for hydroxylation is 1. The molecule has 4 aromatic rings. The number of hydrogen-bond acceptors (Lipinski definition) is 3. The summed E-state index contributed by atoms with van der Waals surface area (Å²) in [5.74, 6) is -0.916. The van der Waals surface area contributed by atoms with Gasteiger partial charge < -0.3 is 0 Å². The van der Waals surface area contributed by atoms with Gasteiger partial charge in [-0.25, -0.2) is 13.2 Å². The van der Waals surface area contributed by atoms with E-state index in [-0.39, 0.29) is 0 Å². The van der Waals surface area contributed by atoms with Crippen LogP contribution in [0.4, 0.5) is 13.2 Å². The van der Waals surface area contributed by atoms with Crippen LogP contribution in [0.5, 0.6) is 0 Å². The lowest BCUT2D eigenvalue weighted by Crippen LogP contribution is -2.02. The molecule has 0 amide bonds. The first-order valence-electron chi connectivity index (χ1n) is 8.33. The van der Waals surface area contributed by atoms with Crippen molar-refractivity contribution in [2.75, 3.05) is 0 Å². The zero-order valence-corrected chi connectivity index (χ0v) is 14.4. The van der Waals surface area contributed by atoms with Crippen molar-refractivity contribution < 1.29 is 13.2 Å². The molecule has 0 aliphatic heterocycles. The second-order valence-corrected chi connectivity index (χ2v) is 6.23. The summed E-state index contributed by atoms with van der Waals surface area (Å²) in [6, 6.07) is 9.32. The molecule has 3 heterocycles. The summed E-state index contributed by atoms with van der Waals surface area (Å²) in [5, 5.41) is 4.53. The average Bonchev–Trinajstić information content (AvgIpc) is 2.98. The fraction of sp³-hybridized carbons (Fsp3) is 0.150. The van der Waals surface area contributed by atoms with Gasteiger partial charge in [0.15, 0.2) is 0 Å². The Morgan fingerprint density at radius 2 is 1.93 bits per heavy atom. The highest BCUT2D eigenvalue weighted by molar-refractivity contribution is 5.82. The summed E-state index contributed by atoms with van der Waals surface area (Å²) in [6.45, 7) is 2.37. The van der Waals surface area contributed by atoms with Gasteiger partial charge in [0.25, 0.3) is 6.43 Å². The van der Waals surface area contributed by atoms with Crippen LogP contribution in [0.15, 0.2) is 55.0 Å². The lowest BCUT2D eigenvalue weighted by atomic mass is 10.0. The van der Waals surface area contributed by atoms with Crippen LogP contribution in [-0.4, -0.2) is 19.7 Å². The first-order valence-corrected chi connectivity index (χ1v) is 8.33. The van der Waals surface area contributed by atoms with Crippen LogP contribution in [0.2, 0.25) is 0 Å². The molecular formula is C20H15F3N4. The van der Waals surface area contributed by atoms with E-state index in [2.05, 4.69) is 15.1 Å². The third kappa shape index (κ3) is 3.28. The van der Waals surface area contributed by atoms with E-state index in [1.54, 1.807) is 23.3 Å². The molecule has 7 heteroatoms. The molecule has 0 fully saturated rings. The van der Waals surface area contributed by atoms with E-state index in [9.17, 15) is 13.2 Å². The Labute approximate surface area is 153 Å². The third-order valence-electron chi connectivity index (χ3n) is 4.38. The molecule has 136 valence electrons. The molecule has 0 aliphatic carbocycles. The maximum absolute atomic E-state index is 13.6. The largest absolute Gasteiger partial charge is 0.266 e. The van der Waals surface area contributed by atoms with Gasteiger partial charge >= 0.3 is 0 Å². The van der Waals surface area contributed by atoms with Gasteiger partial charge in [0, 0.05) is 24.2 Å². The zero-order valence-electron chi connectivity index (χ0n) is 14.4. The Morgan fingerprint density at radius 1 is 1.07 bits per heavy atom. The Hall–Kier alpha value is -3.22. The number of nitrogens with zero attached hydrogens (tertiary/aromatic N) is 4. The number of pyridine rings is 2. The third-order valence-corrected chi connectivity index (χ3v) is 4.38. The molecule has 4 nitrogen and oxygen atoms in total. The highest BCUT2D eigenvalue weighted by Crippen LogP contribution is 2.29. The predicted octanol–water partition coefficient (Wildman–Crippen LogP) is 4.93. The lowest BCUT2D eigenvalue weighted by Gasteiger charge is -2.08. The molecule has 4 rings (SSSR count). The first-order chi connectivity index (χ1) is 13.0. The van der Waals surface area contributed by atoms with E-state index in [1.807, 2.05) is 25.1 Å². The van der Waals surface area contributed by atoms with Crippen LogP contribution in [0.1, 0.15) is 23.2 Å². The van der Waals surface area contributed by atoms with Gasteiger partial charge in [-0.1, -0.05) is 12.1 Å². The lowest BCUT2D eigenvalue weighted by molar-refractivity contribution is 0.146. The van der Waals surface area contributed by atoms with Gasteiger partial charge in [-0.3, -0.25) is 14.6 Å². The van der Waals surface area contributed by atoms with Crippen molar-refractivity contribution in [3.05, 3.63) is 77.6 Å². The van der Waals surface area contributed by atoms with E-state index in [0.29, 0.717) is 17.7 Å². The minimum Gasteiger partial charge on any atom is -0.264 e. The van der Waals surface area contributed by atoms with Crippen LogP contribution in [-0.2, 0) is 6.54 Å². The standard InChI is InChI=1S/C20H15F3N4/c1-12-19-18(27(26-12)11-13-3-2-6-24-9-13)8-15(10-25-19)14-4-5-17(21)16(7-14)20(22)23/h2-10,20H,11H2,1H3. The predicted molar refractivity (Wildman–Crippen MR) is 96.0 cm³/mol. The number of aromatic nitrogens is 4. The monoisotopic (exact) mass is 368 g/mol. The quantitative estimate of drug-likeness (QED) is 0.513. The second kappa shape index (κ2) is 6.83. The summed E-state index contributed by atoms with van der Waals surface area (Å²) < 4.78 is 41.4.